The van der Waals surface area contributed by atoms with Crippen molar-refractivity contribution in [3.63, 3.8) is 0 Å². The van der Waals surface area contributed by atoms with Crippen molar-refractivity contribution in [2.24, 2.45) is 0 Å². The van der Waals surface area contributed by atoms with Crippen molar-refractivity contribution in [1.82, 2.24) is 4.98 Å². The van der Waals surface area contributed by atoms with Crippen LogP contribution in [0, 0.1) is 0 Å². The van der Waals surface area contributed by atoms with Crippen LogP contribution in [0.4, 0.5) is 5.13 Å². The number of hydrogen-bond acceptors (Lipinski definition) is 4. The molecular formula is C11H8N2S2. The summed E-state index contributed by atoms with van der Waals surface area (Å²) in [4.78, 5) is 4.23. The smallest absolute Gasteiger partial charge is 0.181 e. The predicted molar refractivity (Wildman–Crippen MR) is 67.3 cm³/mol. The van der Waals surface area contributed by atoms with Crippen molar-refractivity contribution in [1.29, 1.82) is 0 Å². The van der Waals surface area contributed by atoms with Gasteiger partial charge in [-0.3, -0.25) is 0 Å². The third kappa shape index (κ3) is 1.52. The topological polar surface area (TPSA) is 38.9 Å². The molecule has 2 N–H and O–H groups in total. The van der Waals surface area contributed by atoms with Crippen LogP contribution in [-0.4, -0.2) is 4.98 Å². The van der Waals surface area contributed by atoms with Gasteiger partial charge in [-0.05, 0) is 40.1 Å². The van der Waals surface area contributed by atoms with Crippen molar-refractivity contribution in [2.45, 2.75) is 0 Å². The van der Waals surface area contributed by atoms with Crippen molar-refractivity contribution in [3.05, 3.63) is 35.0 Å². The molecule has 0 unspecified atom stereocenters. The molecule has 0 aliphatic rings. The summed E-state index contributed by atoms with van der Waals surface area (Å²) in [6.45, 7) is 0. The molecule has 0 atom stereocenters. The first kappa shape index (κ1) is 8.88. The number of thiazole rings is 1. The molecule has 0 aliphatic carbocycles. The van der Waals surface area contributed by atoms with Gasteiger partial charge < -0.3 is 5.73 Å². The third-order valence-electron chi connectivity index (χ3n) is 2.26. The number of benzene rings is 1. The number of thiophene rings is 1. The van der Waals surface area contributed by atoms with Gasteiger partial charge in [-0.1, -0.05) is 17.4 Å². The highest BCUT2D eigenvalue weighted by molar-refractivity contribution is 7.22. The Morgan fingerprint density at radius 3 is 2.87 bits per heavy atom. The zero-order valence-corrected chi connectivity index (χ0v) is 9.44. The van der Waals surface area contributed by atoms with E-state index in [1.807, 2.05) is 6.07 Å². The fourth-order valence-electron chi connectivity index (χ4n) is 1.55. The number of aromatic nitrogens is 1. The normalized spacial score (nSPS) is 10.9. The largest absolute Gasteiger partial charge is 0.375 e. The molecule has 0 radical (unpaired) electrons. The van der Waals surface area contributed by atoms with E-state index >= 15 is 0 Å². The highest BCUT2D eigenvalue weighted by atomic mass is 32.1. The quantitative estimate of drug-likeness (QED) is 0.696. The van der Waals surface area contributed by atoms with Crippen molar-refractivity contribution in [3.8, 4) is 11.1 Å². The van der Waals surface area contributed by atoms with Crippen LogP contribution in [0.15, 0.2) is 35.0 Å². The van der Waals surface area contributed by atoms with Gasteiger partial charge >= 0.3 is 0 Å². The minimum Gasteiger partial charge on any atom is -0.375 e. The number of anilines is 1. The fourth-order valence-corrected chi connectivity index (χ4v) is 2.99. The highest BCUT2D eigenvalue weighted by Crippen LogP contribution is 2.29. The first-order valence-corrected chi connectivity index (χ1v) is 6.27. The first-order valence-electron chi connectivity index (χ1n) is 4.51. The van der Waals surface area contributed by atoms with Crippen LogP contribution in [0.1, 0.15) is 0 Å². The van der Waals surface area contributed by atoms with E-state index in [9.17, 15) is 0 Å². The average molecular weight is 232 g/mol. The van der Waals surface area contributed by atoms with E-state index in [4.69, 9.17) is 5.73 Å². The molecule has 2 nitrogen and oxygen atoms in total. The lowest BCUT2D eigenvalue weighted by Gasteiger charge is -1.96. The van der Waals surface area contributed by atoms with Gasteiger partial charge in [0, 0.05) is 0 Å². The van der Waals surface area contributed by atoms with E-state index in [0.717, 1.165) is 10.2 Å². The second-order valence-corrected chi connectivity index (χ2v) is 5.09. The maximum Gasteiger partial charge on any atom is 0.181 e. The van der Waals surface area contributed by atoms with Crippen molar-refractivity contribution in [2.75, 3.05) is 5.73 Å². The lowest BCUT2D eigenvalue weighted by molar-refractivity contribution is 1.50. The number of nitrogens with zero attached hydrogens (tertiary/aromatic N) is 1. The number of fused-ring (bicyclic) bond motifs is 1. The van der Waals surface area contributed by atoms with Crippen LogP contribution >= 0.6 is 22.7 Å². The van der Waals surface area contributed by atoms with Gasteiger partial charge in [-0.2, -0.15) is 11.3 Å². The lowest BCUT2D eigenvalue weighted by atomic mass is 10.1. The molecule has 0 bridgehead atoms. The summed E-state index contributed by atoms with van der Waals surface area (Å²) >= 11 is 3.24. The summed E-state index contributed by atoms with van der Waals surface area (Å²) in [5, 5.41) is 4.86. The van der Waals surface area contributed by atoms with E-state index < -0.39 is 0 Å². The zero-order valence-electron chi connectivity index (χ0n) is 7.81. The van der Waals surface area contributed by atoms with Crippen LogP contribution in [0.5, 0.6) is 0 Å². The summed E-state index contributed by atoms with van der Waals surface area (Å²) < 4.78 is 1.15. The number of rotatable bonds is 1. The predicted octanol–water partition coefficient (Wildman–Crippen LogP) is 3.61. The molecule has 74 valence electrons. The second-order valence-electron chi connectivity index (χ2n) is 3.25. The third-order valence-corrected chi connectivity index (χ3v) is 3.79. The second kappa shape index (κ2) is 3.32. The van der Waals surface area contributed by atoms with Crippen LogP contribution in [-0.2, 0) is 0 Å². The molecule has 4 heteroatoms. The van der Waals surface area contributed by atoms with Gasteiger partial charge in [0.15, 0.2) is 5.13 Å². The zero-order chi connectivity index (χ0) is 10.3. The van der Waals surface area contributed by atoms with Gasteiger partial charge in [0.1, 0.15) is 0 Å². The molecule has 15 heavy (non-hydrogen) atoms. The summed E-state index contributed by atoms with van der Waals surface area (Å²) in [5.74, 6) is 0. The number of hydrogen-bond donors (Lipinski definition) is 1. The standard InChI is InChI=1S/C11H8N2S2/c12-11-13-9-2-1-7(5-10(9)15-11)8-3-4-14-6-8/h1-6H,(H2,12,13). The van der Waals surface area contributed by atoms with Crippen molar-refractivity contribution >= 4 is 38.0 Å². The Balaban J connectivity index is 2.21. The molecule has 0 spiro atoms. The minimum absolute atomic E-state index is 0.632. The number of nitrogen functional groups attached to an aromatic ring is 1. The maximum atomic E-state index is 5.67. The molecule has 2 aromatic heterocycles. The summed E-state index contributed by atoms with van der Waals surface area (Å²) in [5.41, 5.74) is 9.14. The van der Waals surface area contributed by atoms with Gasteiger partial charge in [-0.15, -0.1) is 0 Å². The Labute approximate surface area is 95.0 Å². The van der Waals surface area contributed by atoms with Gasteiger partial charge in [0.05, 0.1) is 10.2 Å². The molecule has 0 saturated heterocycles. The van der Waals surface area contributed by atoms with Gasteiger partial charge in [0.25, 0.3) is 0 Å². The summed E-state index contributed by atoms with van der Waals surface area (Å²) in [6, 6.07) is 8.38. The van der Waals surface area contributed by atoms with Gasteiger partial charge in [-0.25, -0.2) is 4.98 Å². The Morgan fingerprint density at radius 1 is 1.13 bits per heavy atom. The Kier molecular flexibility index (Phi) is 1.97. The van der Waals surface area contributed by atoms with Crippen LogP contribution in [0.3, 0.4) is 0 Å². The molecule has 0 aliphatic heterocycles. The molecule has 2 heterocycles. The van der Waals surface area contributed by atoms with Crippen molar-refractivity contribution < 1.29 is 0 Å². The SMILES string of the molecule is Nc1nc2ccc(-c3ccsc3)cc2s1. The van der Waals surface area contributed by atoms with Crippen LogP contribution in [0.2, 0.25) is 0 Å². The highest BCUT2D eigenvalue weighted by Gasteiger charge is 2.03. The monoisotopic (exact) mass is 232 g/mol. The first-order chi connectivity index (χ1) is 7.33. The molecule has 1 aromatic carbocycles. The fraction of sp³-hybridized carbons (Fsp3) is 0. The number of nitrogens with two attached hydrogens (primary N) is 1. The molecule has 0 saturated carbocycles. The van der Waals surface area contributed by atoms with Gasteiger partial charge in [0.2, 0.25) is 0 Å². The Bertz CT molecular complexity index is 596. The van der Waals surface area contributed by atoms with E-state index in [2.05, 4.69) is 33.9 Å². The van der Waals surface area contributed by atoms with Crippen LogP contribution in [0.25, 0.3) is 21.3 Å². The molecule has 0 fully saturated rings. The summed E-state index contributed by atoms with van der Waals surface area (Å²) in [7, 11) is 0. The lowest BCUT2D eigenvalue weighted by Crippen LogP contribution is -1.79. The van der Waals surface area contributed by atoms with E-state index in [-0.39, 0.29) is 0 Å². The minimum atomic E-state index is 0.632. The molecular weight excluding hydrogens is 224 g/mol. The van der Waals surface area contributed by atoms with Crippen LogP contribution < -0.4 is 5.73 Å². The summed E-state index contributed by atoms with van der Waals surface area (Å²) in [6.07, 6.45) is 0. The maximum absolute atomic E-state index is 5.67. The molecule has 0 amide bonds. The Morgan fingerprint density at radius 2 is 2.07 bits per heavy atom. The molecule has 3 rings (SSSR count). The van der Waals surface area contributed by atoms with E-state index in [1.54, 1.807) is 11.3 Å². The molecule has 3 aromatic rings. The van der Waals surface area contributed by atoms with E-state index in [0.29, 0.717) is 5.13 Å². The van der Waals surface area contributed by atoms with E-state index in [1.165, 1.54) is 22.5 Å². The average Bonchev–Trinajstić information content (AvgIpc) is 2.82. The Hall–Kier alpha value is -1.39.